The minimum Gasteiger partial charge on any atom is -0.494 e. The summed E-state index contributed by atoms with van der Waals surface area (Å²) < 4.78 is 12.0. The number of fused-ring (bicyclic) bond motifs is 2. The fraction of sp³-hybridized carbons (Fsp3) is 0.381. The van der Waals surface area contributed by atoms with Gasteiger partial charge in [0.1, 0.15) is 12.4 Å². The Bertz CT molecular complexity index is 807. The molecule has 138 valence electrons. The first-order valence-corrected chi connectivity index (χ1v) is 9.08. The van der Waals surface area contributed by atoms with E-state index in [2.05, 4.69) is 12.2 Å². The first-order valence-electron chi connectivity index (χ1n) is 9.08. The van der Waals surface area contributed by atoms with Crippen LogP contribution < -0.4 is 10.1 Å². The molecule has 26 heavy (non-hydrogen) atoms. The lowest BCUT2D eigenvalue weighted by Crippen LogP contribution is -2.27. The molecule has 1 unspecified atom stereocenters. The minimum atomic E-state index is -0.387. The zero-order valence-corrected chi connectivity index (χ0v) is 15.4. The van der Waals surface area contributed by atoms with Gasteiger partial charge in [-0.15, -0.1) is 0 Å². The molecule has 0 aliphatic carbocycles. The van der Waals surface area contributed by atoms with E-state index in [0.29, 0.717) is 5.75 Å². The van der Waals surface area contributed by atoms with Gasteiger partial charge >= 0.3 is 6.09 Å². The highest BCUT2D eigenvalue weighted by atomic mass is 16.5. The predicted molar refractivity (Wildman–Crippen MR) is 103 cm³/mol. The second-order valence-corrected chi connectivity index (χ2v) is 6.68. The van der Waals surface area contributed by atoms with Crippen molar-refractivity contribution in [1.29, 1.82) is 0 Å². The third-order valence-corrected chi connectivity index (χ3v) is 4.59. The van der Waals surface area contributed by atoms with Crippen LogP contribution in [0.25, 0.3) is 11.0 Å². The fourth-order valence-corrected chi connectivity index (χ4v) is 3.14. The van der Waals surface area contributed by atoms with Gasteiger partial charge in [0.05, 0.1) is 18.1 Å². The summed E-state index contributed by atoms with van der Waals surface area (Å²) >= 11 is 0. The van der Waals surface area contributed by atoms with Gasteiger partial charge in [-0.25, -0.2) is 9.36 Å². The lowest BCUT2D eigenvalue weighted by atomic mass is 10.0. The molecular weight excluding hydrogens is 328 g/mol. The number of carbonyl (C=O) groups excluding carboxylic acids is 1. The Morgan fingerprint density at radius 1 is 1.23 bits per heavy atom. The molecule has 2 aromatic heterocycles. The van der Waals surface area contributed by atoms with Crippen LogP contribution in [0, 0.1) is 5.92 Å². The van der Waals surface area contributed by atoms with Gasteiger partial charge in [0.15, 0.2) is 0 Å². The Morgan fingerprint density at radius 2 is 2.04 bits per heavy atom. The minimum absolute atomic E-state index is 0.263. The Balaban J connectivity index is 0.000000236. The number of piperidine rings is 1. The van der Waals surface area contributed by atoms with Crippen molar-refractivity contribution in [3.05, 3.63) is 54.1 Å². The molecule has 1 saturated heterocycles. The van der Waals surface area contributed by atoms with Crippen LogP contribution in [0.2, 0.25) is 0 Å². The summed E-state index contributed by atoms with van der Waals surface area (Å²) in [6.07, 6.45) is 2.41. The summed E-state index contributed by atoms with van der Waals surface area (Å²) in [5.41, 5.74) is 2.48. The Morgan fingerprint density at radius 3 is 2.62 bits per heavy atom. The number of methoxy groups -OCH3 is 1. The molecule has 2 bridgehead atoms. The maximum Gasteiger partial charge on any atom is 0.419 e. The first-order chi connectivity index (χ1) is 12.7. The standard InChI is InChI=1S/C15H13NO3.C6H13N/c1-18-14-9-12-7-8-13(14)16(12)15(17)19-10-11-5-3-2-4-6-11;1-6-3-2-4-7-5-6/h2-9H,10H2,1H3;6-7H,2-5H2,1H3. The van der Waals surface area contributed by atoms with Crippen LogP contribution in [0.3, 0.4) is 0 Å². The van der Waals surface area contributed by atoms with Crippen LogP contribution in [0.4, 0.5) is 4.79 Å². The van der Waals surface area contributed by atoms with Gasteiger partial charge in [-0.3, -0.25) is 0 Å². The third kappa shape index (κ3) is 4.35. The summed E-state index contributed by atoms with van der Waals surface area (Å²) in [6.45, 7) is 5.04. The molecule has 3 aromatic rings. The van der Waals surface area contributed by atoms with Crippen molar-refractivity contribution in [2.45, 2.75) is 26.4 Å². The average Bonchev–Trinajstić information content (AvgIpc) is 3.26. The van der Waals surface area contributed by atoms with Crippen molar-refractivity contribution in [1.82, 2.24) is 9.88 Å². The molecule has 0 spiro atoms. The predicted octanol–water partition coefficient (Wildman–Crippen LogP) is 4.28. The zero-order valence-electron chi connectivity index (χ0n) is 15.4. The van der Waals surface area contributed by atoms with Crippen LogP contribution in [0.1, 0.15) is 25.3 Å². The van der Waals surface area contributed by atoms with Crippen LogP contribution in [-0.4, -0.2) is 30.9 Å². The molecule has 0 saturated carbocycles. The maximum absolute atomic E-state index is 12.1. The molecule has 1 atom stereocenters. The van der Waals surface area contributed by atoms with Crippen molar-refractivity contribution in [3.8, 4) is 5.75 Å². The maximum atomic E-state index is 12.1. The van der Waals surface area contributed by atoms with Crippen LogP contribution >= 0.6 is 0 Å². The van der Waals surface area contributed by atoms with Crippen molar-refractivity contribution in [3.63, 3.8) is 0 Å². The molecule has 1 aliphatic rings. The normalized spacial score (nSPS) is 16.8. The van der Waals surface area contributed by atoms with Gasteiger partial charge in [0.2, 0.25) is 0 Å². The van der Waals surface area contributed by atoms with Crippen molar-refractivity contribution < 1.29 is 14.3 Å². The summed E-state index contributed by atoms with van der Waals surface area (Å²) in [7, 11) is 1.58. The average molecular weight is 354 g/mol. The van der Waals surface area contributed by atoms with Gasteiger partial charge in [-0.2, -0.15) is 0 Å². The Labute approximate surface area is 154 Å². The van der Waals surface area contributed by atoms with Crippen molar-refractivity contribution >= 4 is 17.1 Å². The highest BCUT2D eigenvalue weighted by Gasteiger charge is 2.18. The molecule has 4 rings (SSSR count). The molecule has 0 amide bonds. The number of aromatic nitrogens is 1. The van der Waals surface area contributed by atoms with Gasteiger partial charge in [-0.05, 0) is 49.5 Å². The van der Waals surface area contributed by atoms with Gasteiger partial charge in [0, 0.05) is 6.07 Å². The number of carbonyl (C=O) groups is 1. The topological polar surface area (TPSA) is 52.5 Å². The molecular formula is C21H26N2O3. The largest absolute Gasteiger partial charge is 0.494 e. The highest BCUT2D eigenvalue weighted by molar-refractivity contribution is 5.91. The second-order valence-electron chi connectivity index (χ2n) is 6.68. The summed E-state index contributed by atoms with van der Waals surface area (Å²) in [6, 6.07) is 15.1. The molecule has 1 N–H and O–H groups in total. The van der Waals surface area contributed by atoms with Crippen LogP contribution in [0.15, 0.2) is 48.5 Å². The molecule has 0 radical (unpaired) electrons. The quantitative estimate of drug-likeness (QED) is 0.763. The molecule has 3 heterocycles. The molecule has 1 aromatic carbocycles. The molecule has 1 aliphatic heterocycles. The molecule has 5 nitrogen and oxygen atoms in total. The lowest BCUT2D eigenvalue weighted by Gasteiger charge is -2.17. The second kappa shape index (κ2) is 8.72. The van der Waals surface area contributed by atoms with E-state index in [1.165, 1.54) is 30.5 Å². The van der Waals surface area contributed by atoms with Gasteiger partial charge in [-0.1, -0.05) is 37.3 Å². The summed E-state index contributed by atoms with van der Waals surface area (Å²) in [5.74, 6) is 1.61. The fourth-order valence-electron chi connectivity index (χ4n) is 3.14. The van der Waals surface area contributed by atoms with E-state index in [9.17, 15) is 4.79 Å². The highest BCUT2D eigenvalue weighted by Crippen LogP contribution is 2.29. The number of rotatable bonds is 3. The van der Waals surface area contributed by atoms with E-state index in [-0.39, 0.29) is 12.7 Å². The van der Waals surface area contributed by atoms with Gasteiger partial charge in [0.25, 0.3) is 0 Å². The number of nitrogens with one attached hydrogen (secondary N) is 1. The lowest BCUT2D eigenvalue weighted by molar-refractivity contribution is 0.143. The van der Waals surface area contributed by atoms with Crippen LogP contribution in [0.5, 0.6) is 5.75 Å². The van der Waals surface area contributed by atoms with Crippen LogP contribution in [-0.2, 0) is 11.3 Å². The number of ether oxygens (including phenoxy) is 2. The van der Waals surface area contributed by atoms with Crippen molar-refractivity contribution in [2.24, 2.45) is 5.92 Å². The van der Waals surface area contributed by atoms with E-state index in [1.54, 1.807) is 7.11 Å². The Hall–Kier alpha value is -2.53. The summed E-state index contributed by atoms with van der Waals surface area (Å²) in [4.78, 5) is 12.1. The first kappa shape index (κ1) is 18.3. The Kier molecular flexibility index (Phi) is 6.12. The molecule has 5 heteroatoms. The summed E-state index contributed by atoms with van der Waals surface area (Å²) in [5, 5.41) is 3.33. The monoisotopic (exact) mass is 354 g/mol. The smallest absolute Gasteiger partial charge is 0.419 e. The van der Waals surface area contributed by atoms with E-state index >= 15 is 0 Å². The zero-order chi connectivity index (χ0) is 18.4. The third-order valence-electron chi connectivity index (χ3n) is 4.59. The SMILES string of the molecule is CC1CCCNC1.COc1cc2ccc1n2C(=O)OCc1ccccc1. The number of hydrogen-bond acceptors (Lipinski definition) is 4. The van der Waals surface area contributed by atoms with Gasteiger partial charge < -0.3 is 14.8 Å². The van der Waals surface area contributed by atoms with E-state index in [0.717, 1.165) is 22.5 Å². The van der Waals surface area contributed by atoms with Crippen molar-refractivity contribution in [2.75, 3.05) is 20.2 Å². The van der Waals surface area contributed by atoms with E-state index < -0.39 is 0 Å². The number of hydrogen-bond donors (Lipinski definition) is 1. The number of benzene rings is 2. The molecule has 1 fully saturated rings. The number of nitrogens with zero attached hydrogens (tertiary/aromatic N) is 1. The van der Waals surface area contributed by atoms with E-state index in [4.69, 9.17) is 9.47 Å². The van der Waals surface area contributed by atoms with E-state index in [1.807, 2.05) is 48.5 Å².